The molecule has 42 heavy (non-hydrogen) atoms. The monoisotopic (exact) mass is 584 g/mol. The lowest BCUT2D eigenvalue weighted by Gasteiger charge is -2.37. The van der Waals surface area contributed by atoms with E-state index in [1.54, 1.807) is 24.3 Å². The molecule has 3 N–H and O–H groups in total. The Morgan fingerprint density at radius 1 is 0.952 bits per heavy atom. The predicted octanol–water partition coefficient (Wildman–Crippen LogP) is 5.55. The van der Waals surface area contributed by atoms with Crippen LogP contribution >= 0.6 is 0 Å². The summed E-state index contributed by atoms with van der Waals surface area (Å²) in [5.41, 5.74) is 1.46. The van der Waals surface area contributed by atoms with E-state index in [4.69, 9.17) is 5.11 Å². The Morgan fingerprint density at radius 2 is 1.57 bits per heavy atom. The Balaban J connectivity index is 1.55. The van der Waals surface area contributed by atoms with Gasteiger partial charge in [0.1, 0.15) is 5.69 Å². The summed E-state index contributed by atoms with van der Waals surface area (Å²) in [4.78, 5) is 36.4. The fourth-order valence-corrected chi connectivity index (χ4v) is 5.25. The lowest BCUT2D eigenvalue weighted by Crippen LogP contribution is -2.40. The van der Waals surface area contributed by atoms with Gasteiger partial charge in [-0.3, -0.25) is 19.1 Å². The highest BCUT2D eigenvalue weighted by molar-refractivity contribution is 5.95. The topological polar surface area (TPSA) is 113 Å². The van der Waals surface area contributed by atoms with Gasteiger partial charge < -0.3 is 15.7 Å². The van der Waals surface area contributed by atoms with E-state index < -0.39 is 29.3 Å². The van der Waals surface area contributed by atoms with E-state index in [9.17, 15) is 27.6 Å². The Hall–Kier alpha value is -4.15. The molecular weight excluding hydrogens is 549 g/mol. The summed E-state index contributed by atoms with van der Waals surface area (Å²) in [6.45, 7) is 6.75. The van der Waals surface area contributed by atoms with Gasteiger partial charge in [-0.25, -0.2) is 13.2 Å². The van der Waals surface area contributed by atoms with Gasteiger partial charge in [0.2, 0.25) is 0 Å². The summed E-state index contributed by atoms with van der Waals surface area (Å²) in [5, 5.41) is 18.8. The molecule has 0 bridgehead atoms. The quantitative estimate of drug-likeness (QED) is 0.285. The molecule has 0 saturated heterocycles. The van der Waals surface area contributed by atoms with Crippen LogP contribution in [-0.4, -0.2) is 45.3 Å². The number of amides is 2. The number of aliphatic carboxylic acids is 1. The third kappa shape index (κ3) is 7.57. The molecule has 0 radical (unpaired) electrons. The normalized spacial score (nSPS) is 17.1. The highest BCUT2D eigenvalue weighted by Gasteiger charge is 2.31. The molecule has 1 fully saturated rings. The van der Waals surface area contributed by atoms with Crippen molar-refractivity contribution >= 4 is 17.8 Å². The number of benzene rings is 2. The van der Waals surface area contributed by atoms with Gasteiger partial charge in [-0.2, -0.15) is 5.10 Å². The fraction of sp³-hybridized carbons (Fsp3) is 0.419. The van der Waals surface area contributed by atoms with E-state index in [0.717, 1.165) is 37.8 Å². The first kappa shape index (κ1) is 30.8. The maximum atomic E-state index is 14.0. The third-order valence-electron chi connectivity index (χ3n) is 7.75. The number of hydrogen-bond acceptors (Lipinski definition) is 4. The number of aromatic nitrogens is 2. The van der Waals surface area contributed by atoms with Crippen LogP contribution in [0.25, 0.3) is 11.3 Å². The van der Waals surface area contributed by atoms with Gasteiger partial charge >= 0.3 is 5.97 Å². The summed E-state index contributed by atoms with van der Waals surface area (Å²) in [6.07, 6.45) is 3.45. The Kier molecular flexibility index (Phi) is 9.38. The Morgan fingerprint density at radius 3 is 2.14 bits per heavy atom. The molecule has 0 unspecified atom stereocenters. The molecule has 1 saturated carbocycles. The Bertz CT molecular complexity index is 1430. The molecular formula is C31H35F3N4O4. The molecule has 1 aliphatic carbocycles. The van der Waals surface area contributed by atoms with Gasteiger partial charge in [0.05, 0.1) is 18.7 Å². The first-order chi connectivity index (χ1) is 19.8. The zero-order valence-corrected chi connectivity index (χ0v) is 23.8. The van der Waals surface area contributed by atoms with Crippen molar-refractivity contribution in [1.82, 2.24) is 20.4 Å². The molecule has 3 aromatic rings. The van der Waals surface area contributed by atoms with Gasteiger partial charge in [0, 0.05) is 23.7 Å². The number of hydrogen-bond donors (Lipinski definition) is 3. The fourth-order valence-electron chi connectivity index (χ4n) is 5.25. The molecule has 0 aliphatic heterocycles. The van der Waals surface area contributed by atoms with E-state index in [1.165, 1.54) is 10.7 Å². The van der Waals surface area contributed by atoms with Crippen LogP contribution in [-0.2, 0) is 11.3 Å². The summed E-state index contributed by atoms with van der Waals surface area (Å²) in [5.74, 6) is -5.58. The number of nitrogens with zero attached hydrogens (tertiary/aromatic N) is 2. The van der Waals surface area contributed by atoms with E-state index >= 15 is 0 Å². The minimum Gasteiger partial charge on any atom is -0.481 e. The highest BCUT2D eigenvalue weighted by Crippen LogP contribution is 2.37. The largest absolute Gasteiger partial charge is 0.481 e. The van der Waals surface area contributed by atoms with E-state index in [2.05, 4.69) is 36.5 Å². The molecule has 8 nitrogen and oxygen atoms in total. The second-order valence-electron chi connectivity index (χ2n) is 11.8. The van der Waals surface area contributed by atoms with Crippen LogP contribution in [0.3, 0.4) is 0 Å². The maximum absolute atomic E-state index is 14.0. The summed E-state index contributed by atoms with van der Waals surface area (Å²) < 4.78 is 43.0. The highest BCUT2D eigenvalue weighted by atomic mass is 19.2. The number of carbonyl (C=O) groups is 3. The van der Waals surface area contributed by atoms with Crippen LogP contribution in [0.15, 0.2) is 42.5 Å². The van der Waals surface area contributed by atoms with Crippen molar-refractivity contribution in [2.45, 2.75) is 65.5 Å². The van der Waals surface area contributed by atoms with Gasteiger partial charge in [-0.05, 0) is 72.9 Å². The first-order valence-electron chi connectivity index (χ1n) is 13.9. The molecule has 0 spiro atoms. The number of nitrogens with one attached hydrogen (secondary N) is 2. The van der Waals surface area contributed by atoms with Crippen LogP contribution < -0.4 is 10.6 Å². The van der Waals surface area contributed by atoms with Crippen LogP contribution in [0.1, 0.15) is 79.3 Å². The van der Waals surface area contributed by atoms with Gasteiger partial charge in [0.25, 0.3) is 11.8 Å². The summed E-state index contributed by atoms with van der Waals surface area (Å²) in [7, 11) is 0. The minimum atomic E-state index is -1.59. The number of carbonyl (C=O) groups excluding carboxylic acids is 2. The SMILES string of the molecule is CC(C)(C)[C@H]1CC[C@H](NC(=O)c2cc(-c3cc(F)c(F)c(F)c3)nn2Cc2ccc(C(=O)NCCC(=O)O)cc2)CC1. The molecule has 2 amide bonds. The molecule has 2 aromatic carbocycles. The molecule has 4 rings (SSSR count). The average Bonchev–Trinajstić information content (AvgIpc) is 3.35. The van der Waals surface area contributed by atoms with Crippen molar-refractivity contribution in [3.05, 3.63) is 76.7 Å². The molecule has 1 heterocycles. The lowest BCUT2D eigenvalue weighted by molar-refractivity contribution is -0.136. The van der Waals surface area contributed by atoms with Crippen molar-refractivity contribution in [2.75, 3.05) is 6.54 Å². The second-order valence-corrected chi connectivity index (χ2v) is 11.8. The number of rotatable bonds is 9. The van der Waals surface area contributed by atoms with Crippen molar-refractivity contribution in [3.8, 4) is 11.3 Å². The maximum Gasteiger partial charge on any atom is 0.305 e. The van der Waals surface area contributed by atoms with Gasteiger partial charge in [-0.1, -0.05) is 32.9 Å². The van der Waals surface area contributed by atoms with Crippen LogP contribution in [0.5, 0.6) is 0 Å². The second kappa shape index (κ2) is 12.8. The third-order valence-corrected chi connectivity index (χ3v) is 7.75. The Labute approximate surface area is 242 Å². The number of carboxylic acid groups (broad SMARTS) is 1. The molecule has 1 aromatic heterocycles. The summed E-state index contributed by atoms with van der Waals surface area (Å²) in [6, 6.07) is 9.52. The van der Waals surface area contributed by atoms with E-state index in [-0.39, 0.29) is 53.8 Å². The van der Waals surface area contributed by atoms with Crippen molar-refractivity contribution in [1.29, 1.82) is 0 Å². The van der Waals surface area contributed by atoms with Crippen molar-refractivity contribution in [3.63, 3.8) is 0 Å². The van der Waals surface area contributed by atoms with Gasteiger partial charge in [0.15, 0.2) is 17.5 Å². The zero-order chi connectivity index (χ0) is 30.6. The van der Waals surface area contributed by atoms with Crippen LogP contribution in [0, 0.1) is 28.8 Å². The molecule has 224 valence electrons. The number of halogens is 3. The van der Waals surface area contributed by atoms with Crippen molar-refractivity contribution < 1.29 is 32.7 Å². The van der Waals surface area contributed by atoms with Crippen LogP contribution in [0.4, 0.5) is 13.2 Å². The lowest BCUT2D eigenvalue weighted by atomic mass is 9.71. The molecule has 1 aliphatic rings. The van der Waals surface area contributed by atoms with Gasteiger partial charge in [-0.15, -0.1) is 0 Å². The zero-order valence-electron chi connectivity index (χ0n) is 23.8. The average molecular weight is 585 g/mol. The molecule has 11 heteroatoms. The minimum absolute atomic E-state index is 0.00706. The first-order valence-corrected chi connectivity index (χ1v) is 13.9. The van der Waals surface area contributed by atoms with Crippen molar-refractivity contribution in [2.24, 2.45) is 11.3 Å². The molecule has 0 atom stereocenters. The number of carboxylic acids is 1. The smallest absolute Gasteiger partial charge is 0.305 e. The van der Waals surface area contributed by atoms with E-state index in [1.807, 2.05) is 0 Å². The standard InChI is InChI=1S/C31H35F3N4O4/c1-31(2,3)21-8-10-22(11-9-21)36-30(42)26-16-25(20-14-23(32)28(34)24(33)15-20)37-38(26)17-18-4-6-19(7-5-18)29(41)35-13-12-27(39)40/h4-7,14-16,21-22H,8-13,17H2,1-3H3,(H,35,41)(H,36,42)(H,39,40)/t21-,22-. The predicted molar refractivity (Wildman–Crippen MR) is 150 cm³/mol. The summed E-state index contributed by atoms with van der Waals surface area (Å²) >= 11 is 0. The van der Waals surface area contributed by atoms with Crippen LogP contribution in [0.2, 0.25) is 0 Å². The van der Waals surface area contributed by atoms with E-state index in [0.29, 0.717) is 17.0 Å².